The molecule has 0 aliphatic carbocycles. The average Bonchev–Trinajstić information content (AvgIpc) is 3.39. The molecule has 0 radical (unpaired) electrons. The number of para-hydroxylation sites is 4. The Hall–Kier alpha value is -4.91. The molecule has 46 heavy (non-hydrogen) atoms. The minimum absolute atomic E-state index is 0.0962. The number of benzene rings is 4. The Morgan fingerprint density at radius 2 is 1.11 bits per heavy atom. The average molecular weight is 621 g/mol. The molecule has 7 heteroatoms. The van der Waals surface area contributed by atoms with Crippen LogP contribution in [0.2, 0.25) is 0 Å². The Balaban J connectivity index is 0.000000775. The van der Waals surface area contributed by atoms with Crippen LogP contribution in [0, 0.1) is 0 Å². The standard InChI is InChI=1S/C39H37N2.BF4/c1-38(2)32-24-16-18-26-34(32)40(30-20-10-8-11-21-30)36(38)28-14-6-5-7-15-29-37-39(3,4)33-25-17-19-27-35(33)41(37)31-22-12-9-13-23-31;2-1(3,4)5/h5-29H,1-4H3;/q+1;-1. The Kier molecular flexibility index (Phi) is 9.33. The summed E-state index contributed by atoms with van der Waals surface area (Å²) in [5, 5.41) is 0. The first kappa shape index (κ1) is 32.5. The molecule has 4 aromatic rings. The van der Waals surface area contributed by atoms with E-state index in [4.69, 9.17) is 0 Å². The summed E-state index contributed by atoms with van der Waals surface area (Å²) in [4.78, 5) is 2.39. The Bertz CT molecular complexity index is 1830. The van der Waals surface area contributed by atoms with Gasteiger partial charge in [-0.3, -0.25) is 0 Å². The van der Waals surface area contributed by atoms with Crippen LogP contribution < -0.4 is 9.48 Å². The van der Waals surface area contributed by atoms with Gasteiger partial charge < -0.3 is 22.2 Å². The molecule has 6 rings (SSSR count). The zero-order valence-electron chi connectivity index (χ0n) is 26.4. The largest absolute Gasteiger partial charge is 0.673 e. The Labute approximate surface area is 269 Å². The van der Waals surface area contributed by atoms with Gasteiger partial charge in [0.2, 0.25) is 11.4 Å². The van der Waals surface area contributed by atoms with E-state index in [1.54, 1.807) is 0 Å². The molecular weight excluding hydrogens is 583 g/mol. The van der Waals surface area contributed by atoms with Crippen molar-refractivity contribution in [3.8, 4) is 0 Å². The highest BCUT2D eigenvalue weighted by molar-refractivity contribution is 6.50. The SMILES string of the molecule is CC1(C)C(/C=C/C=C/C=C/C=C2/N(c3ccccc3)c3ccccc3C2(C)C)=[N+](c2ccccc2)c2ccccc21.F[B-](F)(F)F. The van der Waals surface area contributed by atoms with E-state index in [2.05, 4.69) is 189 Å². The maximum absolute atomic E-state index is 9.75. The molecule has 0 aromatic heterocycles. The molecule has 0 atom stereocenters. The second-order valence-corrected chi connectivity index (χ2v) is 12.2. The number of rotatable bonds is 6. The van der Waals surface area contributed by atoms with Gasteiger partial charge in [-0.2, -0.15) is 4.58 Å². The van der Waals surface area contributed by atoms with Crippen molar-refractivity contribution in [3.05, 3.63) is 169 Å². The molecule has 0 saturated heterocycles. The molecule has 0 unspecified atom stereocenters. The Morgan fingerprint density at radius 3 is 1.78 bits per heavy atom. The van der Waals surface area contributed by atoms with E-state index in [-0.39, 0.29) is 10.8 Å². The maximum atomic E-state index is 9.75. The number of anilines is 2. The summed E-state index contributed by atoms with van der Waals surface area (Å²) in [5.74, 6) is 0. The van der Waals surface area contributed by atoms with Gasteiger partial charge in [0.05, 0.1) is 5.41 Å². The van der Waals surface area contributed by atoms with Crippen molar-refractivity contribution in [3.63, 3.8) is 0 Å². The topological polar surface area (TPSA) is 6.25 Å². The third-order valence-corrected chi connectivity index (χ3v) is 8.38. The number of hydrogen-bond donors (Lipinski definition) is 0. The number of nitrogens with zero attached hydrogens (tertiary/aromatic N) is 2. The van der Waals surface area contributed by atoms with Crippen molar-refractivity contribution in [2.24, 2.45) is 0 Å². The van der Waals surface area contributed by atoms with Crippen LogP contribution in [0.1, 0.15) is 38.8 Å². The summed E-state index contributed by atoms with van der Waals surface area (Å²) >= 11 is 0. The summed E-state index contributed by atoms with van der Waals surface area (Å²) in [6, 6.07) is 38.7. The second kappa shape index (κ2) is 13.2. The summed E-state index contributed by atoms with van der Waals surface area (Å²) < 4.78 is 41.4. The van der Waals surface area contributed by atoms with Gasteiger partial charge in [-0.25, -0.2) is 0 Å². The lowest BCUT2D eigenvalue weighted by Crippen LogP contribution is -2.27. The molecule has 4 aromatic carbocycles. The van der Waals surface area contributed by atoms with Crippen LogP contribution >= 0.6 is 0 Å². The zero-order chi connectivity index (χ0) is 33.0. The predicted molar refractivity (Wildman–Crippen MR) is 186 cm³/mol. The summed E-state index contributed by atoms with van der Waals surface area (Å²) in [7, 11) is -6.00. The number of halogens is 4. The first-order valence-electron chi connectivity index (χ1n) is 15.3. The number of allylic oxidation sites excluding steroid dienone is 8. The molecule has 0 spiro atoms. The van der Waals surface area contributed by atoms with Crippen molar-refractivity contribution >= 4 is 35.7 Å². The van der Waals surface area contributed by atoms with E-state index < -0.39 is 7.25 Å². The van der Waals surface area contributed by atoms with Gasteiger partial charge in [-0.15, -0.1) is 0 Å². The van der Waals surface area contributed by atoms with E-state index in [1.807, 2.05) is 0 Å². The zero-order valence-corrected chi connectivity index (χ0v) is 26.4. The van der Waals surface area contributed by atoms with Gasteiger partial charge in [-0.05, 0) is 43.7 Å². The summed E-state index contributed by atoms with van der Waals surface area (Å²) in [6.45, 7) is 9.24. The molecule has 2 aliphatic rings. The molecule has 2 aliphatic heterocycles. The van der Waals surface area contributed by atoms with Crippen molar-refractivity contribution < 1.29 is 17.3 Å². The van der Waals surface area contributed by atoms with Gasteiger partial charge in [0.25, 0.3) is 0 Å². The molecule has 2 nitrogen and oxygen atoms in total. The van der Waals surface area contributed by atoms with Crippen LogP contribution in [0.4, 0.5) is 40.0 Å². The normalized spacial score (nSPS) is 17.6. The summed E-state index contributed by atoms with van der Waals surface area (Å²) in [5.41, 5.74) is 9.91. The van der Waals surface area contributed by atoms with Gasteiger partial charge in [0.1, 0.15) is 0 Å². The highest BCUT2D eigenvalue weighted by atomic mass is 19.5. The van der Waals surface area contributed by atoms with Crippen molar-refractivity contribution in [2.75, 3.05) is 4.90 Å². The maximum Gasteiger partial charge on any atom is 0.673 e. The minimum atomic E-state index is -6.00. The van der Waals surface area contributed by atoms with E-state index in [1.165, 1.54) is 45.3 Å². The lowest BCUT2D eigenvalue weighted by Gasteiger charge is -2.27. The van der Waals surface area contributed by atoms with Crippen molar-refractivity contribution in [1.29, 1.82) is 0 Å². The van der Waals surface area contributed by atoms with E-state index >= 15 is 0 Å². The molecule has 0 saturated carbocycles. The smallest absolute Gasteiger partial charge is 0.418 e. The highest BCUT2D eigenvalue weighted by Crippen LogP contribution is 2.51. The Morgan fingerprint density at radius 1 is 0.587 bits per heavy atom. The minimum Gasteiger partial charge on any atom is -0.418 e. The van der Waals surface area contributed by atoms with E-state index in [0.29, 0.717) is 0 Å². The van der Waals surface area contributed by atoms with Crippen molar-refractivity contribution in [2.45, 2.75) is 38.5 Å². The predicted octanol–water partition coefficient (Wildman–Crippen LogP) is 11.2. The monoisotopic (exact) mass is 620 g/mol. The molecule has 0 fully saturated rings. The lowest BCUT2D eigenvalue weighted by molar-refractivity contribution is 0.368. The molecule has 0 amide bonds. The summed E-state index contributed by atoms with van der Waals surface area (Å²) in [6.07, 6.45) is 15.2. The second-order valence-electron chi connectivity index (χ2n) is 12.2. The van der Waals surface area contributed by atoms with Crippen LogP contribution in [-0.4, -0.2) is 13.0 Å². The van der Waals surface area contributed by atoms with Crippen molar-refractivity contribution in [1.82, 2.24) is 4.58 Å². The van der Waals surface area contributed by atoms with Gasteiger partial charge in [0, 0.05) is 52.3 Å². The number of fused-ring (bicyclic) bond motifs is 2. The molecule has 0 bridgehead atoms. The van der Waals surface area contributed by atoms with E-state index in [9.17, 15) is 17.3 Å². The van der Waals surface area contributed by atoms with Gasteiger partial charge in [0.15, 0.2) is 5.71 Å². The fourth-order valence-electron chi connectivity index (χ4n) is 6.25. The first-order chi connectivity index (χ1) is 21.9. The van der Waals surface area contributed by atoms with Crippen LogP contribution in [0.15, 0.2) is 157 Å². The highest BCUT2D eigenvalue weighted by Gasteiger charge is 2.45. The van der Waals surface area contributed by atoms with Crippen LogP contribution in [0.3, 0.4) is 0 Å². The molecule has 2 heterocycles. The fraction of sp³-hybridized carbons (Fsp3) is 0.154. The quantitative estimate of drug-likeness (QED) is 0.0900. The van der Waals surface area contributed by atoms with E-state index in [0.717, 1.165) is 0 Å². The fourth-order valence-corrected chi connectivity index (χ4v) is 6.25. The lowest BCUT2D eigenvalue weighted by atomic mass is 9.81. The van der Waals surface area contributed by atoms with Crippen LogP contribution in [0.5, 0.6) is 0 Å². The van der Waals surface area contributed by atoms with Gasteiger partial charge >= 0.3 is 7.25 Å². The van der Waals surface area contributed by atoms with Gasteiger partial charge in [-0.1, -0.05) is 117 Å². The van der Waals surface area contributed by atoms with Crippen LogP contribution in [0.25, 0.3) is 0 Å². The molecular formula is C39H37BF4N2. The number of hydrogen-bond acceptors (Lipinski definition) is 1. The third kappa shape index (κ3) is 6.84. The third-order valence-electron chi connectivity index (χ3n) is 8.38. The first-order valence-corrected chi connectivity index (χ1v) is 15.3. The molecule has 234 valence electrons. The van der Waals surface area contributed by atoms with Crippen LogP contribution in [-0.2, 0) is 10.8 Å². The molecule has 0 N–H and O–H groups in total.